The third-order valence-electron chi connectivity index (χ3n) is 4.51. The van der Waals surface area contributed by atoms with E-state index in [0.717, 1.165) is 12.8 Å². The summed E-state index contributed by atoms with van der Waals surface area (Å²) in [7, 11) is 0. The van der Waals surface area contributed by atoms with Crippen molar-refractivity contribution < 1.29 is 18.0 Å². The molecule has 144 valence electrons. The molecular weight excluding hydrogens is 373 g/mol. The Morgan fingerprint density at radius 3 is 2.75 bits per heavy atom. The molecule has 28 heavy (non-hydrogen) atoms. The van der Waals surface area contributed by atoms with Gasteiger partial charge in [-0.2, -0.15) is 18.2 Å². The van der Waals surface area contributed by atoms with Crippen LogP contribution in [-0.4, -0.2) is 27.2 Å². The summed E-state index contributed by atoms with van der Waals surface area (Å²) in [6, 6.07) is 3.35. The van der Waals surface area contributed by atoms with Crippen molar-refractivity contribution in [2.24, 2.45) is 5.92 Å². The Morgan fingerprint density at radius 2 is 2.07 bits per heavy atom. The number of nitrogens with two attached hydrogens (primary N) is 1. The van der Waals surface area contributed by atoms with E-state index in [9.17, 15) is 18.0 Å². The topological polar surface area (TPSA) is 106 Å². The van der Waals surface area contributed by atoms with Gasteiger partial charge in [-0.1, -0.05) is 24.0 Å². The van der Waals surface area contributed by atoms with Gasteiger partial charge in [0.25, 0.3) is 0 Å². The molecule has 1 aromatic carbocycles. The second-order valence-electron chi connectivity index (χ2n) is 6.69. The highest BCUT2D eigenvalue weighted by Gasteiger charge is 2.59. The molecular formula is C18H15F3N6O. The first-order valence-corrected chi connectivity index (χ1v) is 8.52. The van der Waals surface area contributed by atoms with Crippen molar-refractivity contribution >= 4 is 17.7 Å². The van der Waals surface area contributed by atoms with E-state index in [1.54, 1.807) is 0 Å². The molecule has 2 amide bonds. The number of anilines is 2. The highest BCUT2D eigenvalue weighted by atomic mass is 19.4. The maximum atomic E-state index is 14.0. The molecule has 2 aliphatic rings. The maximum Gasteiger partial charge on any atom is 0.427 e. The lowest BCUT2D eigenvalue weighted by Gasteiger charge is -2.37. The number of amides is 2. The number of benzene rings is 1. The molecule has 1 saturated carbocycles. The maximum absolute atomic E-state index is 14.0. The minimum Gasteiger partial charge on any atom is -0.368 e. The summed E-state index contributed by atoms with van der Waals surface area (Å²) < 4.78 is 42.1. The number of aromatic nitrogens is 3. The van der Waals surface area contributed by atoms with Gasteiger partial charge >= 0.3 is 12.2 Å². The van der Waals surface area contributed by atoms with Crippen LogP contribution in [0.3, 0.4) is 0 Å². The van der Waals surface area contributed by atoms with E-state index in [0.29, 0.717) is 11.4 Å². The molecule has 1 atom stereocenters. The third kappa shape index (κ3) is 3.31. The van der Waals surface area contributed by atoms with E-state index < -0.39 is 17.7 Å². The number of carbonyl (C=O) groups is 1. The smallest absolute Gasteiger partial charge is 0.368 e. The molecule has 0 unspecified atom stereocenters. The van der Waals surface area contributed by atoms with Gasteiger partial charge in [0.2, 0.25) is 11.5 Å². The number of hydrogen-bond donors (Lipinski definition) is 3. The van der Waals surface area contributed by atoms with Crippen LogP contribution in [0.2, 0.25) is 0 Å². The molecule has 1 aliphatic heterocycles. The number of hydrogen-bond acceptors (Lipinski definition) is 5. The zero-order chi connectivity index (χ0) is 19.9. The number of urea groups is 1. The number of nitrogens with zero attached hydrogens (tertiary/aromatic N) is 3. The van der Waals surface area contributed by atoms with Crippen LogP contribution in [0.5, 0.6) is 0 Å². The van der Waals surface area contributed by atoms with Crippen LogP contribution in [0.4, 0.5) is 29.6 Å². The second-order valence-corrected chi connectivity index (χ2v) is 6.69. The molecule has 10 heteroatoms. The van der Waals surface area contributed by atoms with Gasteiger partial charge in [-0.25, -0.2) is 14.8 Å². The van der Waals surface area contributed by atoms with E-state index in [-0.39, 0.29) is 29.5 Å². The first-order valence-electron chi connectivity index (χ1n) is 8.52. The molecule has 7 nitrogen and oxygen atoms in total. The Morgan fingerprint density at radius 1 is 1.29 bits per heavy atom. The fourth-order valence-corrected chi connectivity index (χ4v) is 2.97. The van der Waals surface area contributed by atoms with Crippen LogP contribution < -0.4 is 16.4 Å². The van der Waals surface area contributed by atoms with E-state index in [1.165, 1.54) is 24.5 Å². The molecule has 0 spiro atoms. The highest BCUT2D eigenvalue weighted by molar-refractivity contribution is 5.95. The molecule has 4 N–H and O–H groups in total. The zero-order valence-corrected chi connectivity index (χ0v) is 14.5. The standard InChI is InChI=1S/C18H15F3N6O/c19-18(20,21)17(6-5-10-1-2-10)12-4-3-11(7-13(12)25-16(28)27-17)8-14-23-9-24-15(22)26-14/h3-4,7,9-10H,1-2,8H2,(H2,25,27,28)(H2,22,23,24,26)/t17-/m0/s1. The van der Waals surface area contributed by atoms with E-state index >= 15 is 0 Å². The van der Waals surface area contributed by atoms with Crippen molar-refractivity contribution in [3.05, 3.63) is 41.5 Å². The first kappa shape index (κ1) is 18.0. The Kier molecular flexibility index (Phi) is 4.10. The third-order valence-corrected chi connectivity index (χ3v) is 4.51. The molecule has 1 aromatic heterocycles. The monoisotopic (exact) mass is 388 g/mol. The Balaban J connectivity index is 1.76. The molecule has 0 radical (unpaired) electrons. The fourth-order valence-electron chi connectivity index (χ4n) is 2.97. The molecule has 0 saturated heterocycles. The summed E-state index contributed by atoms with van der Waals surface area (Å²) in [4.78, 5) is 23.7. The average molecular weight is 388 g/mol. The highest BCUT2D eigenvalue weighted by Crippen LogP contribution is 2.44. The summed E-state index contributed by atoms with van der Waals surface area (Å²) in [6.07, 6.45) is -1.77. The van der Waals surface area contributed by atoms with Crippen molar-refractivity contribution in [3.63, 3.8) is 0 Å². The van der Waals surface area contributed by atoms with Crippen LogP contribution in [-0.2, 0) is 12.0 Å². The Labute approximate surface area is 158 Å². The normalized spacial score (nSPS) is 21.0. The number of alkyl halides is 3. The minimum absolute atomic E-state index is 0.0469. The van der Waals surface area contributed by atoms with Crippen LogP contribution >= 0.6 is 0 Å². The first-order chi connectivity index (χ1) is 13.3. The predicted molar refractivity (Wildman–Crippen MR) is 93.9 cm³/mol. The van der Waals surface area contributed by atoms with Crippen LogP contribution in [0.15, 0.2) is 24.5 Å². The van der Waals surface area contributed by atoms with Crippen LogP contribution in [0, 0.1) is 17.8 Å². The van der Waals surface area contributed by atoms with Crippen molar-refractivity contribution in [1.29, 1.82) is 0 Å². The number of halogens is 3. The largest absolute Gasteiger partial charge is 0.427 e. The van der Waals surface area contributed by atoms with Gasteiger partial charge in [0, 0.05) is 23.6 Å². The summed E-state index contributed by atoms with van der Waals surface area (Å²) in [5.74, 6) is 5.31. The quantitative estimate of drug-likeness (QED) is 0.685. The van der Waals surface area contributed by atoms with Gasteiger partial charge in [0.05, 0.1) is 0 Å². The molecule has 2 aromatic rings. The SMILES string of the molecule is Nc1ncnc(Cc2ccc3c(c2)NC(=O)N[C@]3(C#CC2CC2)C(F)(F)F)n1. The summed E-state index contributed by atoms with van der Waals surface area (Å²) in [5, 5.41) is 4.42. The lowest BCUT2D eigenvalue weighted by Crippen LogP contribution is -2.59. The van der Waals surface area contributed by atoms with Crippen molar-refractivity contribution in [1.82, 2.24) is 20.3 Å². The van der Waals surface area contributed by atoms with Crippen molar-refractivity contribution in [2.75, 3.05) is 11.1 Å². The van der Waals surface area contributed by atoms with Gasteiger partial charge in [-0.15, -0.1) is 0 Å². The number of rotatable bonds is 2. The lowest BCUT2D eigenvalue weighted by molar-refractivity contribution is -0.178. The fraction of sp³-hybridized carbons (Fsp3) is 0.333. The average Bonchev–Trinajstić information content (AvgIpc) is 3.42. The van der Waals surface area contributed by atoms with Gasteiger partial charge in [-0.05, 0) is 24.5 Å². The van der Waals surface area contributed by atoms with E-state index in [2.05, 4.69) is 32.1 Å². The van der Waals surface area contributed by atoms with E-state index in [1.807, 2.05) is 5.32 Å². The van der Waals surface area contributed by atoms with Crippen LogP contribution in [0.25, 0.3) is 0 Å². The lowest BCUT2D eigenvalue weighted by atomic mass is 9.85. The minimum atomic E-state index is -4.79. The number of nitrogen functional groups attached to an aromatic ring is 1. The predicted octanol–water partition coefficient (Wildman–Crippen LogP) is 2.35. The number of fused-ring (bicyclic) bond motifs is 1. The Bertz CT molecular complexity index is 1010. The Hall–Kier alpha value is -3.35. The van der Waals surface area contributed by atoms with Gasteiger partial charge in [-0.3, -0.25) is 0 Å². The summed E-state index contributed by atoms with van der Waals surface area (Å²) in [6.45, 7) is 0. The second kappa shape index (κ2) is 6.37. The molecule has 1 fully saturated rings. The zero-order valence-electron chi connectivity index (χ0n) is 14.5. The summed E-state index contributed by atoms with van der Waals surface area (Å²) >= 11 is 0. The molecule has 0 bridgehead atoms. The van der Waals surface area contributed by atoms with Gasteiger partial charge in [0.1, 0.15) is 12.2 Å². The van der Waals surface area contributed by atoms with Gasteiger partial charge in [0.15, 0.2) is 0 Å². The summed E-state index contributed by atoms with van der Waals surface area (Å²) in [5.41, 5.74) is 3.28. The molecule has 4 rings (SSSR count). The number of nitrogens with one attached hydrogen (secondary N) is 2. The number of carbonyl (C=O) groups excluding carboxylic acids is 1. The van der Waals surface area contributed by atoms with Gasteiger partial charge < -0.3 is 16.4 Å². The van der Waals surface area contributed by atoms with E-state index in [4.69, 9.17) is 5.73 Å². The van der Waals surface area contributed by atoms with Crippen LogP contribution in [0.1, 0.15) is 29.8 Å². The van der Waals surface area contributed by atoms with Crippen molar-refractivity contribution in [2.45, 2.75) is 31.0 Å². The molecule has 2 heterocycles. The molecule has 1 aliphatic carbocycles. The van der Waals surface area contributed by atoms with Crippen molar-refractivity contribution in [3.8, 4) is 11.8 Å².